The number of oxazole rings is 1. The second-order valence-corrected chi connectivity index (χ2v) is 10.5. The fourth-order valence-electron chi connectivity index (χ4n) is 3.62. The average Bonchev–Trinajstić information content (AvgIpc) is 3.43. The Morgan fingerprint density at radius 3 is 2.66 bits per heavy atom. The molecule has 0 N–H and O–H groups in total. The van der Waals surface area contributed by atoms with E-state index in [1.165, 1.54) is 0 Å². The van der Waals surface area contributed by atoms with Crippen LogP contribution in [0.15, 0.2) is 46.2 Å². The number of hydrogen-bond donors (Lipinski definition) is 0. The van der Waals surface area contributed by atoms with Crippen molar-refractivity contribution in [2.75, 3.05) is 18.6 Å². The van der Waals surface area contributed by atoms with Gasteiger partial charge in [0.15, 0.2) is 9.84 Å². The van der Waals surface area contributed by atoms with E-state index in [0.717, 1.165) is 27.6 Å². The highest BCUT2D eigenvalue weighted by molar-refractivity contribution is 7.91. The number of thiophene rings is 1. The van der Waals surface area contributed by atoms with Crippen molar-refractivity contribution in [2.24, 2.45) is 0 Å². The van der Waals surface area contributed by atoms with Gasteiger partial charge in [0.1, 0.15) is 11.5 Å². The van der Waals surface area contributed by atoms with E-state index in [-0.39, 0.29) is 17.5 Å². The summed E-state index contributed by atoms with van der Waals surface area (Å²) in [6.45, 7) is 3.11. The molecule has 8 heteroatoms. The largest absolute Gasteiger partial charge is 0.497 e. The van der Waals surface area contributed by atoms with Crippen LogP contribution in [0.1, 0.15) is 23.4 Å². The van der Waals surface area contributed by atoms with Crippen molar-refractivity contribution in [1.29, 1.82) is 0 Å². The van der Waals surface area contributed by atoms with E-state index < -0.39 is 9.84 Å². The average molecular weight is 433 g/mol. The predicted molar refractivity (Wildman–Crippen MR) is 114 cm³/mol. The van der Waals surface area contributed by atoms with Crippen LogP contribution >= 0.6 is 11.3 Å². The maximum atomic E-state index is 12.1. The van der Waals surface area contributed by atoms with Crippen LogP contribution in [0.4, 0.5) is 0 Å². The van der Waals surface area contributed by atoms with Crippen LogP contribution in [0.5, 0.6) is 5.75 Å². The number of sulfone groups is 1. The predicted octanol–water partition coefficient (Wildman–Crippen LogP) is 3.91. The third-order valence-corrected chi connectivity index (χ3v) is 7.86. The normalized spacial score (nSPS) is 18.4. The molecule has 3 heterocycles. The number of hydrogen-bond acceptors (Lipinski definition) is 7. The Bertz CT molecular complexity index is 1060. The highest BCUT2D eigenvalue weighted by Gasteiger charge is 2.33. The summed E-state index contributed by atoms with van der Waals surface area (Å²) >= 11 is 1.59. The number of nitrogens with zero attached hydrogens (tertiary/aromatic N) is 2. The fourth-order valence-corrected chi connectivity index (χ4v) is 6.03. The number of benzene rings is 1. The van der Waals surface area contributed by atoms with Gasteiger partial charge in [-0.05, 0) is 42.5 Å². The lowest BCUT2D eigenvalue weighted by molar-refractivity contribution is 0.191. The lowest BCUT2D eigenvalue weighted by Crippen LogP contribution is -2.35. The molecule has 3 aromatic rings. The van der Waals surface area contributed by atoms with Crippen molar-refractivity contribution in [3.8, 4) is 16.5 Å². The van der Waals surface area contributed by atoms with Gasteiger partial charge in [-0.15, -0.1) is 11.3 Å². The molecular formula is C21H24N2O4S2. The van der Waals surface area contributed by atoms with E-state index in [0.29, 0.717) is 25.4 Å². The minimum Gasteiger partial charge on any atom is -0.497 e. The first kappa shape index (κ1) is 20.1. The molecule has 1 aliphatic heterocycles. The summed E-state index contributed by atoms with van der Waals surface area (Å²) in [5, 5.41) is 1.99. The number of aryl methyl sites for hydroxylation is 1. The summed E-state index contributed by atoms with van der Waals surface area (Å²) in [6.07, 6.45) is 0.646. The first-order valence-corrected chi connectivity index (χ1v) is 12.2. The maximum absolute atomic E-state index is 12.1. The van der Waals surface area contributed by atoms with Gasteiger partial charge in [-0.2, -0.15) is 0 Å². The number of rotatable bonds is 7. The van der Waals surface area contributed by atoms with E-state index >= 15 is 0 Å². The van der Waals surface area contributed by atoms with Gasteiger partial charge in [-0.3, -0.25) is 4.90 Å². The summed E-state index contributed by atoms with van der Waals surface area (Å²) in [5.74, 6) is 2.63. The first-order valence-electron chi connectivity index (χ1n) is 9.51. The standard InChI is InChI=1S/C21H24N2O4S2/c1-15-19(22-21(27-15)20-4-3-10-28-20)13-23(17-9-11-29(24,25)14-17)12-16-5-7-18(26-2)8-6-16/h3-8,10,17H,9,11-14H2,1-2H3/t17-/m0/s1. The molecule has 154 valence electrons. The first-order chi connectivity index (χ1) is 13.9. The molecule has 0 bridgehead atoms. The van der Waals surface area contributed by atoms with Crippen LogP contribution in [-0.4, -0.2) is 43.0 Å². The molecule has 29 heavy (non-hydrogen) atoms. The highest BCUT2D eigenvalue weighted by Crippen LogP contribution is 2.28. The van der Waals surface area contributed by atoms with E-state index in [4.69, 9.17) is 14.1 Å². The van der Waals surface area contributed by atoms with E-state index in [1.807, 2.05) is 48.7 Å². The molecule has 1 atom stereocenters. The Morgan fingerprint density at radius 1 is 1.24 bits per heavy atom. The molecule has 2 aromatic heterocycles. The summed E-state index contributed by atoms with van der Waals surface area (Å²) in [7, 11) is -1.34. The minimum atomic E-state index is -2.98. The summed E-state index contributed by atoms with van der Waals surface area (Å²) in [6, 6.07) is 11.8. The van der Waals surface area contributed by atoms with Crippen LogP contribution in [0.25, 0.3) is 10.8 Å². The molecule has 1 fully saturated rings. The van der Waals surface area contributed by atoms with E-state index in [1.54, 1.807) is 18.4 Å². The van der Waals surface area contributed by atoms with Crippen molar-refractivity contribution in [1.82, 2.24) is 9.88 Å². The third-order valence-electron chi connectivity index (χ3n) is 5.25. The van der Waals surface area contributed by atoms with Crippen LogP contribution in [0, 0.1) is 6.92 Å². The zero-order valence-corrected chi connectivity index (χ0v) is 18.1. The van der Waals surface area contributed by atoms with Gasteiger partial charge in [-0.1, -0.05) is 18.2 Å². The van der Waals surface area contributed by atoms with Gasteiger partial charge in [-0.25, -0.2) is 13.4 Å². The molecule has 0 saturated carbocycles. The van der Waals surface area contributed by atoms with Crippen molar-refractivity contribution in [3.63, 3.8) is 0 Å². The van der Waals surface area contributed by atoms with Gasteiger partial charge in [0.05, 0.1) is 29.2 Å². The number of aromatic nitrogens is 1. The van der Waals surface area contributed by atoms with Gasteiger partial charge in [0.2, 0.25) is 5.89 Å². The Labute approximate surface area is 175 Å². The second-order valence-electron chi connectivity index (χ2n) is 7.31. The van der Waals surface area contributed by atoms with Gasteiger partial charge in [0.25, 0.3) is 0 Å². The molecule has 0 aliphatic carbocycles. The molecule has 1 saturated heterocycles. The van der Waals surface area contributed by atoms with Crippen LogP contribution in [0.3, 0.4) is 0 Å². The summed E-state index contributed by atoms with van der Waals surface area (Å²) in [4.78, 5) is 7.90. The minimum absolute atomic E-state index is 0.0246. The molecule has 0 amide bonds. The molecule has 4 rings (SSSR count). The molecule has 6 nitrogen and oxygen atoms in total. The Morgan fingerprint density at radius 2 is 2.03 bits per heavy atom. The Hall–Kier alpha value is -2.16. The van der Waals surface area contributed by atoms with Gasteiger partial charge in [0, 0.05) is 19.1 Å². The monoisotopic (exact) mass is 432 g/mol. The quantitative estimate of drug-likeness (QED) is 0.564. The fraction of sp³-hybridized carbons (Fsp3) is 0.381. The maximum Gasteiger partial charge on any atom is 0.236 e. The Kier molecular flexibility index (Phi) is 5.76. The van der Waals surface area contributed by atoms with E-state index in [9.17, 15) is 8.42 Å². The topological polar surface area (TPSA) is 72.6 Å². The van der Waals surface area contributed by atoms with Crippen LogP contribution < -0.4 is 4.74 Å². The zero-order valence-electron chi connectivity index (χ0n) is 16.5. The van der Waals surface area contributed by atoms with Crippen molar-refractivity contribution >= 4 is 21.2 Å². The van der Waals surface area contributed by atoms with Crippen molar-refractivity contribution in [3.05, 3.63) is 58.8 Å². The molecular weight excluding hydrogens is 408 g/mol. The highest BCUT2D eigenvalue weighted by atomic mass is 32.2. The Balaban J connectivity index is 1.58. The van der Waals surface area contributed by atoms with Crippen LogP contribution in [0.2, 0.25) is 0 Å². The number of ether oxygens (including phenoxy) is 1. The third kappa shape index (κ3) is 4.71. The summed E-state index contributed by atoms with van der Waals surface area (Å²) in [5.41, 5.74) is 1.96. The SMILES string of the molecule is COc1ccc(CN(Cc2nc(-c3cccs3)oc2C)[C@H]2CCS(=O)(=O)C2)cc1. The van der Waals surface area contributed by atoms with Gasteiger partial charge >= 0.3 is 0 Å². The lowest BCUT2D eigenvalue weighted by Gasteiger charge is -2.27. The molecule has 0 unspecified atom stereocenters. The van der Waals surface area contributed by atoms with Crippen molar-refractivity contribution < 1.29 is 17.6 Å². The van der Waals surface area contributed by atoms with Crippen molar-refractivity contribution in [2.45, 2.75) is 32.5 Å². The molecule has 0 radical (unpaired) electrons. The smallest absolute Gasteiger partial charge is 0.236 e. The van der Waals surface area contributed by atoms with Crippen LogP contribution in [-0.2, 0) is 22.9 Å². The van der Waals surface area contributed by atoms with Gasteiger partial charge < -0.3 is 9.15 Å². The zero-order chi connectivity index (χ0) is 20.4. The van der Waals surface area contributed by atoms with E-state index in [2.05, 4.69) is 4.90 Å². The summed E-state index contributed by atoms with van der Waals surface area (Å²) < 4.78 is 35.3. The molecule has 0 spiro atoms. The number of methoxy groups -OCH3 is 1. The molecule has 1 aliphatic rings. The molecule has 1 aromatic carbocycles. The second kappa shape index (κ2) is 8.30. The lowest BCUT2D eigenvalue weighted by atomic mass is 10.1.